The lowest BCUT2D eigenvalue weighted by atomic mass is 9.94. The van der Waals surface area contributed by atoms with E-state index in [-0.39, 0.29) is 18.6 Å². The Kier molecular flexibility index (Phi) is 3.54. The molecule has 6 heteroatoms. The van der Waals surface area contributed by atoms with Gasteiger partial charge >= 0.3 is 0 Å². The molecular formula is C10H15NO4S. The van der Waals surface area contributed by atoms with Gasteiger partial charge in [0.05, 0.1) is 7.11 Å². The molecule has 0 aromatic carbocycles. The van der Waals surface area contributed by atoms with E-state index >= 15 is 0 Å². The number of nitrogens with two attached hydrogens (primary N) is 1. The van der Waals surface area contributed by atoms with Gasteiger partial charge < -0.3 is 4.74 Å². The summed E-state index contributed by atoms with van der Waals surface area (Å²) in [7, 11) is -2.33. The van der Waals surface area contributed by atoms with Gasteiger partial charge in [-0.25, -0.2) is 13.6 Å². The molecule has 0 fully saturated rings. The highest BCUT2D eigenvalue weighted by Crippen LogP contribution is 2.31. The van der Waals surface area contributed by atoms with Crippen molar-refractivity contribution < 1.29 is 17.9 Å². The largest absolute Gasteiger partial charge is 0.497 e. The van der Waals surface area contributed by atoms with Gasteiger partial charge in [0.2, 0.25) is 10.0 Å². The predicted octanol–water partition coefficient (Wildman–Crippen LogP) is 0.483. The number of carbonyl (C=O) groups is 1. The Labute approximate surface area is 95.0 Å². The number of hydrogen-bond acceptors (Lipinski definition) is 4. The summed E-state index contributed by atoms with van der Waals surface area (Å²) >= 11 is 0. The molecule has 0 spiro atoms. The Hall–Kier alpha value is -1.14. The minimum absolute atomic E-state index is 0.115. The van der Waals surface area contributed by atoms with Crippen molar-refractivity contribution in [2.24, 2.45) is 5.14 Å². The zero-order valence-corrected chi connectivity index (χ0v) is 10.1. The van der Waals surface area contributed by atoms with Crippen LogP contribution >= 0.6 is 0 Å². The number of allylic oxidation sites excluding steroid dienone is 2. The van der Waals surface area contributed by atoms with Crippen LogP contribution in [-0.4, -0.2) is 26.1 Å². The van der Waals surface area contributed by atoms with Gasteiger partial charge in [-0.3, -0.25) is 4.79 Å². The fraction of sp³-hybridized carbons (Fsp3) is 0.500. The molecule has 16 heavy (non-hydrogen) atoms. The number of primary sulfonamides is 1. The first-order valence-electron chi connectivity index (χ1n) is 4.76. The quantitative estimate of drug-likeness (QED) is 0.780. The summed E-state index contributed by atoms with van der Waals surface area (Å²) in [6.45, 7) is 1.34. The third-order valence-electron chi connectivity index (χ3n) is 2.55. The van der Waals surface area contributed by atoms with Crippen LogP contribution in [0.3, 0.4) is 0 Å². The highest BCUT2D eigenvalue weighted by Gasteiger charge is 2.40. The van der Waals surface area contributed by atoms with E-state index in [9.17, 15) is 13.2 Å². The lowest BCUT2D eigenvalue weighted by molar-refractivity contribution is -0.117. The van der Waals surface area contributed by atoms with Crippen molar-refractivity contribution in [1.82, 2.24) is 0 Å². The maximum atomic E-state index is 11.5. The average molecular weight is 245 g/mol. The van der Waals surface area contributed by atoms with Crippen molar-refractivity contribution >= 4 is 15.8 Å². The van der Waals surface area contributed by atoms with E-state index in [0.717, 1.165) is 0 Å². The van der Waals surface area contributed by atoms with Crippen LogP contribution in [0.5, 0.6) is 0 Å². The van der Waals surface area contributed by atoms with Crippen LogP contribution < -0.4 is 5.14 Å². The molecule has 90 valence electrons. The number of sulfonamides is 1. The van der Waals surface area contributed by atoms with E-state index in [1.807, 2.05) is 0 Å². The summed E-state index contributed by atoms with van der Waals surface area (Å²) in [5.74, 6) is 0.357. The van der Waals surface area contributed by atoms with Gasteiger partial charge in [-0.15, -0.1) is 0 Å². The molecule has 1 rings (SSSR count). The Bertz CT molecular complexity index is 449. The van der Waals surface area contributed by atoms with E-state index in [0.29, 0.717) is 5.76 Å². The third kappa shape index (κ3) is 2.51. The van der Waals surface area contributed by atoms with Crippen LogP contribution in [0.1, 0.15) is 19.8 Å². The van der Waals surface area contributed by atoms with Gasteiger partial charge in [0.25, 0.3) is 0 Å². The molecule has 0 radical (unpaired) electrons. The average Bonchev–Trinajstić information content (AvgIpc) is 2.16. The summed E-state index contributed by atoms with van der Waals surface area (Å²) < 4.78 is 26.7. The standard InChI is InChI=1S/C10H15NO4S/c1-8(12)7-10(16(11,13)14)5-3-9(15-2)4-6-10/h3-5H,6-7H2,1-2H3,(H2,11,13,14). The van der Waals surface area contributed by atoms with Gasteiger partial charge in [0.15, 0.2) is 0 Å². The fourth-order valence-electron chi connectivity index (χ4n) is 1.66. The number of Topliss-reactive ketones (excluding diaryl/α,β-unsaturated/α-hetero) is 1. The van der Waals surface area contributed by atoms with Gasteiger partial charge in [-0.1, -0.05) is 6.08 Å². The van der Waals surface area contributed by atoms with E-state index < -0.39 is 14.8 Å². The van der Waals surface area contributed by atoms with Gasteiger partial charge in [-0.05, 0) is 25.5 Å². The zero-order chi connectivity index (χ0) is 12.4. The van der Waals surface area contributed by atoms with Crippen molar-refractivity contribution in [3.8, 4) is 0 Å². The summed E-state index contributed by atoms with van der Waals surface area (Å²) in [6.07, 6.45) is 4.62. The molecule has 0 aromatic heterocycles. The molecule has 0 saturated heterocycles. The second-order valence-electron chi connectivity index (χ2n) is 3.84. The van der Waals surface area contributed by atoms with Crippen molar-refractivity contribution in [3.05, 3.63) is 24.0 Å². The van der Waals surface area contributed by atoms with E-state index in [2.05, 4.69) is 0 Å². The van der Waals surface area contributed by atoms with Gasteiger partial charge in [0, 0.05) is 6.42 Å². The molecule has 1 aliphatic rings. The molecule has 0 amide bonds. The van der Waals surface area contributed by atoms with E-state index in [4.69, 9.17) is 9.88 Å². The van der Waals surface area contributed by atoms with E-state index in [1.165, 1.54) is 26.2 Å². The number of ether oxygens (including phenoxy) is 1. The predicted molar refractivity (Wildman–Crippen MR) is 60.0 cm³/mol. The van der Waals surface area contributed by atoms with Crippen LogP contribution in [0, 0.1) is 0 Å². The third-order valence-corrected chi connectivity index (χ3v) is 4.13. The first-order chi connectivity index (χ1) is 7.31. The highest BCUT2D eigenvalue weighted by atomic mass is 32.2. The Morgan fingerprint density at radius 1 is 1.62 bits per heavy atom. The highest BCUT2D eigenvalue weighted by molar-refractivity contribution is 7.90. The molecule has 0 saturated carbocycles. The Morgan fingerprint density at radius 3 is 2.56 bits per heavy atom. The van der Waals surface area contributed by atoms with Crippen LogP contribution in [0.4, 0.5) is 0 Å². The lowest BCUT2D eigenvalue weighted by Crippen LogP contribution is -2.43. The number of ketones is 1. The maximum absolute atomic E-state index is 11.5. The normalized spacial score (nSPS) is 25.1. The molecule has 2 N–H and O–H groups in total. The van der Waals surface area contributed by atoms with Crippen LogP contribution in [0.2, 0.25) is 0 Å². The second kappa shape index (κ2) is 4.39. The SMILES string of the molecule is COC1=CCC(CC(C)=O)(S(N)(=O)=O)C=C1. The summed E-state index contributed by atoms with van der Waals surface area (Å²) in [5.41, 5.74) is 0. The first kappa shape index (κ1) is 12.9. The number of hydrogen-bond donors (Lipinski definition) is 1. The summed E-state index contributed by atoms with van der Waals surface area (Å²) in [6, 6.07) is 0. The monoisotopic (exact) mass is 245 g/mol. The molecule has 0 aliphatic heterocycles. The van der Waals surface area contributed by atoms with Crippen molar-refractivity contribution in [2.75, 3.05) is 7.11 Å². The Balaban J connectivity index is 3.08. The minimum Gasteiger partial charge on any atom is -0.497 e. The molecular weight excluding hydrogens is 230 g/mol. The van der Waals surface area contributed by atoms with E-state index in [1.54, 1.807) is 6.08 Å². The number of methoxy groups -OCH3 is 1. The molecule has 0 bridgehead atoms. The van der Waals surface area contributed by atoms with Crippen molar-refractivity contribution in [1.29, 1.82) is 0 Å². The lowest BCUT2D eigenvalue weighted by Gasteiger charge is -2.28. The van der Waals surface area contributed by atoms with Crippen LogP contribution in [0.15, 0.2) is 24.0 Å². The molecule has 0 heterocycles. The van der Waals surface area contributed by atoms with Crippen LogP contribution in [0.25, 0.3) is 0 Å². The van der Waals surface area contributed by atoms with Gasteiger partial charge in [0.1, 0.15) is 16.3 Å². The summed E-state index contributed by atoms with van der Waals surface area (Å²) in [5, 5.41) is 5.18. The minimum atomic E-state index is -3.82. The number of rotatable bonds is 4. The Morgan fingerprint density at radius 2 is 2.25 bits per heavy atom. The molecule has 0 aromatic rings. The molecule has 1 unspecified atom stereocenters. The molecule has 1 aliphatic carbocycles. The summed E-state index contributed by atoms with van der Waals surface area (Å²) in [4.78, 5) is 11.1. The molecule has 5 nitrogen and oxygen atoms in total. The fourth-order valence-corrected chi connectivity index (χ4v) is 2.64. The molecule has 1 atom stereocenters. The first-order valence-corrected chi connectivity index (χ1v) is 6.30. The van der Waals surface area contributed by atoms with Crippen molar-refractivity contribution in [2.45, 2.75) is 24.5 Å². The topological polar surface area (TPSA) is 86.5 Å². The second-order valence-corrected chi connectivity index (χ2v) is 5.74. The number of carbonyl (C=O) groups excluding carboxylic acids is 1. The van der Waals surface area contributed by atoms with Crippen molar-refractivity contribution in [3.63, 3.8) is 0 Å². The van der Waals surface area contributed by atoms with Gasteiger partial charge in [-0.2, -0.15) is 0 Å². The van der Waals surface area contributed by atoms with Crippen LogP contribution in [-0.2, 0) is 19.6 Å². The maximum Gasteiger partial charge on any atom is 0.219 e. The smallest absolute Gasteiger partial charge is 0.219 e. The zero-order valence-electron chi connectivity index (χ0n) is 9.26.